The first-order chi connectivity index (χ1) is 9.23. The highest BCUT2D eigenvalue weighted by atomic mass is 16.5. The van der Waals surface area contributed by atoms with Crippen LogP contribution in [-0.2, 0) is 9.47 Å². The largest absolute Gasteiger partial charge is 0.385 e. The molecule has 0 heterocycles. The van der Waals surface area contributed by atoms with Gasteiger partial charge < -0.3 is 14.8 Å². The summed E-state index contributed by atoms with van der Waals surface area (Å²) in [6.07, 6.45) is 7.03. The van der Waals surface area contributed by atoms with E-state index in [1.807, 2.05) is 7.11 Å². The molecule has 112 valence electrons. The smallest absolute Gasteiger partial charge is 0.0587 e. The Morgan fingerprint density at radius 1 is 1.21 bits per heavy atom. The maximum absolute atomic E-state index is 5.30. The lowest BCUT2D eigenvalue weighted by Crippen LogP contribution is -2.44. The molecule has 0 spiro atoms. The normalized spacial score (nSPS) is 34.9. The standard InChI is InChI=1S/C16H31NO2/c1-13(6-8-18-2)16(12-17-7-9-19-3)11-14-4-5-15(16)10-14/h13-15,17H,4-12H2,1-3H3. The average molecular weight is 269 g/mol. The lowest BCUT2D eigenvalue weighted by atomic mass is 9.64. The third-order valence-electron chi connectivity index (χ3n) is 5.70. The number of ether oxygens (including phenoxy) is 2. The summed E-state index contributed by atoms with van der Waals surface area (Å²) in [6, 6.07) is 0. The third kappa shape index (κ3) is 3.32. The summed E-state index contributed by atoms with van der Waals surface area (Å²) in [6.45, 7) is 6.31. The van der Waals surface area contributed by atoms with Crippen LogP contribution in [0.4, 0.5) is 0 Å². The lowest BCUT2D eigenvalue weighted by molar-refractivity contribution is 0.0554. The van der Waals surface area contributed by atoms with E-state index in [0.29, 0.717) is 5.41 Å². The average Bonchev–Trinajstić information content (AvgIpc) is 3.02. The minimum absolute atomic E-state index is 0.523. The molecule has 0 aromatic heterocycles. The zero-order valence-corrected chi connectivity index (χ0v) is 12.9. The van der Waals surface area contributed by atoms with Crippen molar-refractivity contribution < 1.29 is 9.47 Å². The SMILES string of the molecule is COCCNCC1(C(C)CCOC)CC2CCC1C2. The van der Waals surface area contributed by atoms with Crippen molar-refractivity contribution >= 4 is 0 Å². The molecule has 3 nitrogen and oxygen atoms in total. The molecule has 0 saturated heterocycles. The second-order valence-corrected chi connectivity index (χ2v) is 6.67. The Morgan fingerprint density at radius 3 is 2.58 bits per heavy atom. The number of hydrogen-bond acceptors (Lipinski definition) is 3. The fourth-order valence-electron chi connectivity index (χ4n) is 4.56. The Kier molecular flexibility index (Phi) is 5.67. The first-order valence-electron chi connectivity index (χ1n) is 7.91. The van der Waals surface area contributed by atoms with Gasteiger partial charge in [0.15, 0.2) is 0 Å². The van der Waals surface area contributed by atoms with Gasteiger partial charge in [0.1, 0.15) is 0 Å². The number of rotatable bonds is 9. The first kappa shape index (κ1) is 15.3. The van der Waals surface area contributed by atoms with Gasteiger partial charge in [-0.2, -0.15) is 0 Å². The molecule has 2 aliphatic rings. The monoisotopic (exact) mass is 269 g/mol. The van der Waals surface area contributed by atoms with Gasteiger partial charge in [-0.15, -0.1) is 0 Å². The van der Waals surface area contributed by atoms with Crippen molar-refractivity contribution in [3.05, 3.63) is 0 Å². The van der Waals surface area contributed by atoms with Gasteiger partial charge in [0.25, 0.3) is 0 Å². The summed E-state index contributed by atoms with van der Waals surface area (Å²) in [5, 5.41) is 3.65. The summed E-state index contributed by atoms with van der Waals surface area (Å²) in [5.74, 6) is 2.71. The molecule has 2 saturated carbocycles. The van der Waals surface area contributed by atoms with Crippen LogP contribution in [0.25, 0.3) is 0 Å². The molecule has 2 fully saturated rings. The molecule has 2 rings (SSSR count). The van der Waals surface area contributed by atoms with Gasteiger partial charge in [-0.25, -0.2) is 0 Å². The van der Waals surface area contributed by atoms with Gasteiger partial charge in [0, 0.05) is 33.9 Å². The maximum atomic E-state index is 5.30. The summed E-state index contributed by atoms with van der Waals surface area (Å²) in [7, 11) is 3.59. The van der Waals surface area contributed by atoms with Gasteiger partial charge in [0.05, 0.1) is 6.61 Å². The van der Waals surface area contributed by atoms with E-state index in [4.69, 9.17) is 9.47 Å². The van der Waals surface area contributed by atoms with Crippen molar-refractivity contribution in [2.45, 2.75) is 39.0 Å². The second-order valence-electron chi connectivity index (χ2n) is 6.67. The van der Waals surface area contributed by atoms with E-state index in [-0.39, 0.29) is 0 Å². The van der Waals surface area contributed by atoms with Crippen LogP contribution < -0.4 is 5.32 Å². The Labute approximate surface area is 118 Å². The van der Waals surface area contributed by atoms with E-state index in [0.717, 1.165) is 37.5 Å². The first-order valence-corrected chi connectivity index (χ1v) is 7.91. The zero-order chi connectivity index (χ0) is 13.7. The Morgan fingerprint density at radius 2 is 2.00 bits per heavy atom. The van der Waals surface area contributed by atoms with E-state index in [1.54, 1.807) is 7.11 Å². The molecule has 0 radical (unpaired) electrons. The van der Waals surface area contributed by atoms with Crippen LogP contribution in [0.2, 0.25) is 0 Å². The van der Waals surface area contributed by atoms with Gasteiger partial charge in [-0.3, -0.25) is 0 Å². The van der Waals surface area contributed by atoms with Crippen molar-refractivity contribution in [1.29, 1.82) is 0 Å². The maximum Gasteiger partial charge on any atom is 0.0587 e. The summed E-state index contributed by atoms with van der Waals surface area (Å²) >= 11 is 0. The molecule has 0 amide bonds. The van der Waals surface area contributed by atoms with Crippen molar-refractivity contribution in [3.8, 4) is 0 Å². The Hall–Kier alpha value is -0.120. The minimum Gasteiger partial charge on any atom is -0.385 e. The molecule has 0 aromatic rings. The summed E-state index contributed by atoms with van der Waals surface area (Å²) in [5.41, 5.74) is 0.523. The molecule has 1 N–H and O–H groups in total. The predicted molar refractivity (Wildman–Crippen MR) is 78.3 cm³/mol. The van der Waals surface area contributed by atoms with Crippen molar-refractivity contribution in [1.82, 2.24) is 5.32 Å². The number of hydrogen-bond donors (Lipinski definition) is 1. The molecular formula is C16H31NO2. The molecule has 4 unspecified atom stereocenters. The van der Waals surface area contributed by atoms with Crippen molar-refractivity contribution in [2.24, 2.45) is 23.2 Å². The van der Waals surface area contributed by atoms with Gasteiger partial charge in [0.2, 0.25) is 0 Å². The number of methoxy groups -OCH3 is 2. The van der Waals surface area contributed by atoms with E-state index < -0.39 is 0 Å². The van der Waals surface area contributed by atoms with E-state index >= 15 is 0 Å². The third-order valence-corrected chi connectivity index (χ3v) is 5.70. The molecule has 0 aromatic carbocycles. The molecule has 0 aliphatic heterocycles. The van der Waals surface area contributed by atoms with Gasteiger partial charge >= 0.3 is 0 Å². The van der Waals surface area contributed by atoms with Crippen LogP contribution in [0.5, 0.6) is 0 Å². The summed E-state index contributed by atoms with van der Waals surface area (Å²) in [4.78, 5) is 0. The number of nitrogens with one attached hydrogen (secondary N) is 1. The molecular weight excluding hydrogens is 238 g/mol. The Bertz CT molecular complexity index is 271. The fourth-order valence-corrected chi connectivity index (χ4v) is 4.56. The molecule has 2 bridgehead atoms. The zero-order valence-electron chi connectivity index (χ0n) is 12.9. The minimum atomic E-state index is 0.523. The van der Waals surface area contributed by atoms with Crippen LogP contribution in [-0.4, -0.2) is 40.5 Å². The fraction of sp³-hybridized carbons (Fsp3) is 1.00. The molecule has 4 atom stereocenters. The Balaban J connectivity index is 1.93. The molecule has 19 heavy (non-hydrogen) atoms. The van der Waals surface area contributed by atoms with Crippen molar-refractivity contribution in [3.63, 3.8) is 0 Å². The van der Waals surface area contributed by atoms with E-state index in [2.05, 4.69) is 12.2 Å². The van der Waals surface area contributed by atoms with Crippen molar-refractivity contribution in [2.75, 3.05) is 40.5 Å². The van der Waals surface area contributed by atoms with E-state index in [9.17, 15) is 0 Å². The summed E-state index contributed by atoms with van der Waals surface area (Å²) < 4.78 is 10.4. The second kappa shape index (κ2) is 7.05. The highest BCUT2D eigenvalue weighted by Gasteiger charge is 2.52. The van der Waals surface area contributed by atoms with Crippen LogP contribution in [0, 0.1) is 23.2 Å². The topological polar surface area (TPSA) is 30.5 Å². The highest BCUT2D eigenvalue weighted by Crippen LogP contribution is 2.59. The van der Waals surface area contributed by atoms with Gasteiger partial charge in [-0.05, 0) is 48.9 Å². The van der Waals surface area contributed by atoms with Gasteiger partial charge in [-0.1, -0.05) is 13.3 Å². The van der Waals surface area contributed by atoms with E-state index in [1.165, 1.54) is 38.6 Å². The van der Waals surface area contributed by atoms with Crippen LogP contribution in [0.3, 0.4) is 0 Å². The van der Waals surface area contributed by atoms with Crippen LogP contribution in [0.1, 0.15) is 39.0 Å². The van der Waals surface area contributed by atoms with Crippen LogP contribution >= 0.6 is 0 Å². The quantitative estimate of drug-likeness (QED) is 0.653. The highest BCUT2D eigenvalue weighted by molar-refractivity contribution is 5.03. The number of fused-ring (bicyclic) bond motifs is 2. The molecule has 2 aliphatic carbocycles. The predicted octanol–water partition coefficient (Wildman–Crippen LogP) is 2.70. The molecule has 3 heteroatoms. The lowest BCUT2D eigenvalue weighted by Gasteiger charge is -2.43. The van der Waals surface area contributed by atoms with Crippen LogP contribution in [0.15, 0.2) is 0 Å².